The van der Waals surface area contributed by atoms with Crippen molar-refractivity contribution in [2.45, 2.75) is 20.8 Å². The number of esters is 2. The first-order valence-corrected chi connectivity index (χ1v) is 8.05. The average molecular weight is 355 g/mol. The number of nitrogens with one attached hydrogen (secondary N) is 1. The van der Waals surface area contributed by atoms with Gasteiger partial charge in [0, 0.05) is 5.69 Å². The van der Waals surface area contributed by atoms with Gasteiger partial charge in [-0.3, -0.25) is 4.79 Å². The summed E-state index contributed by atoms with van der Waals surface area (Å²) in [5, 5.41) is 2.64. The highest BCUT2D eigenvalue weighted by atomic mass is 16.5. The molecule has 0 saturated heterocycles. The molecule has 26 heavy (non-hydrogen) atoms. The number of methoxy groups -OCH3 is 1. The topological polar surface area (TPSA) is 81.7 Å². The van der Waals surface area contributed by atoms with E-state index in [1.807, 2.05) is 19.9 Å². The van der Waals surface area contributed by atoms with E-state index in [0.717, 1.165) is 16.7 Å². The standard InChI is InChI=1S/C20H21NO5/c1-12-6-5-7-16(14(12)3)20(24)26-11-18(22)21-17-10-15(19(23)25-4)9-8-13(17)2/h5-10H,11H2,1-4H3,(H,21,22). The summed E-state index contributed by atoms with van der Waals surface area (Å²) < 4.78 is 9.76. The van der Waals surface area contributed by atoms with Crippen molar-refractivity contribution in [2.75, 3.05) is 19.0 Å². The number of rotatable bonds is 5. The minimum atomic E-state index is -0.554. The number of hydrogen-bond acceptors (Lipinski definition) is 5. The maximum atomic E-state index is 12.2. The zero-order chi connectivity index (χ0) is 19.3. The minimum absolute atomic E-state index is 0.320. The van der Waals surface area contributed by atoms with Crippen LogP contribution in [0.3, 0.4) is 0 Å². The second kappa shape index (κ2) is 8.29. The molecule has 2 rings (SSSR count). The minimum Gasteiger partial charge on any atom is -0.465 e. The molecule has 6 heteroatoms. The number of carbonyl (C=O) groups is 3. The number of benzene rings is 2. The molecule has 6 nitrogen and oxygen atoms in total. The molecule has 1 amide bonds. The first-order valence-electron chi connectivity index (χ1n) is 8.05. The van der Waals surface area contributed by atoms with Crippen LogP contribution < -0.4 is 5.32 Å². The highest BCUT2D eigenvalue weighted by Gasteiger charge is 2.15. The van der Waals surface area contributed by atoms with Crippen LogP contribution in [-0.4, -0.2) is 31.6 Å². The third-order valence-corrected chi connectivity index (χ3v) is 4.09. The van der Waals surface area contributed by atoms with Gasteiger partial charge in [0.15, 0.2) is 6.61 Å². The summed E-state index contributed by atoms with van der Waals surface area (Å²) in [5.41, 5.74) is 3.77. The van der Waals surface area contributed by atoms with Crippen LogP contribution in [0.15, 0.2) is 36.4 Å². The SMILES string of the molecule is COC(=O)c1ccc(C)c(NC(=O)COC(=O)c2cccc(C)c2C)c1. The summed E-state index contributed by atoms with van der Waals surface area (Å²) in [6, 6.07) is 10.1. The molecule has 2 aromatic rings. The lowest BCUT2D eigenvalue weighted by Crippen LogP contribution is -2.22. The Labute approximate surface area is 152 Å². The predicted molar refractivity (Wildman–Crippen MR) is 97.3 cm³/mol. The molecule has 0 aliphatic carbocycles. The lowest BCUT2D eigenvalue weighted by molar-refractivity contribution is -0.119. The molecular weight excluding hydrogens is 334 g/mol. The molecule has 0 spiro atoms. The van der Waals surface area contributed by atoms with Crippen molar-refractivity contribution in [3.05, 3.63) is 64.2 Å². The molecule has 0 atom stereocenters. The molecule has 1 N–H and O–H groups in total. The Morgan fingerprint density at radius 2 is 1.69 bits per heavy atom. The molecule has 0 heterocycles. The first kappa shape index (κ1) is 19.2. The van der Waals surface area contributed by atoms with Gasteiger partial charge in [0.05, 0.1) is 18.2 Å². The van der Waals surface area contributed by atoms with Crippen molar-refractivity contribution < 1.29 is 23.9 Å². The van der Waals surface area contributed by atoms with Gasteiger partial charge < -0.3 is 14.8 Å². The Kier molecular flexibility index (Phi) is 6.11. The van der Waals surface area contributed by atoms with Gasteiger partial charge in [0.1, 0.15) is 0 Å². The number of aryl methyl sites for hydroxylation is 2. The maximum absolute atomic E-state index is 12.2. The van der Waals surface area contributed by atoms with Gasteiger partial charge in [-0.1, -0.05) is 18.2 Å². The largest absolute Gasteiger partial charge is 0.465 e. The Balaban J connectivity index is 2.02. The van der Waals surface area contributed by atoms with Crippen molar-refractivity contribution in [3.63, 3.8) is 0 Å². The van der Waals surface area contributed by atoms with Gasteiger partial charge in [0.2, 0.25) is 0 Å². The van der Waals surface area contributed by atoms with E-state index in [4.69, 9.17) is 4.74 Å². The third-order valence-electron chi connectivity index (χ3n) is 4.09. The van der Waals surface area contributed by atoms with Crippen molar-refractivity contribution in [2.24, 2.45) is 0 Å². The Morgan fingerprint density at radius 1 is 0.962 bits per heavy atom. The van der Waals surface area contributed by atoms with Gasteiger partial charge in [-0.15, -0.1) is 0 Å². The molecule has 0 aliphatic heterocycles. The molecule has 0 saturated carbocycles. The highest BCUT2D eigenvalue weighted by molar-refractivity contribution is 5.98. The van der Waals surface area contributed by atoms with Crippen LogP contribution in [-0.2, 0) is 14.3 Å². The normalized spacial score (nSPS) is 10.2. The van der Waals surface area contributed by atoms with Gasteiger partial charge in [0.25, 0.3) is 5.91 Å². The van der Waals surface area contributed by atoms with Crippen LogP contribution in [0.25, 0.3) is 0 Å². The lowest BCUT2D eigenvalue weighted by atomic mass is 10.0. The van der Waals surface area contributed by atoms with Crippen LogP contribution in [0.5, 0.6) is 0 Å². The Hall–Kier alpha value is -3.15. The summed E-state index contributed by atoms with van der Waals surface area (Å²) in [6.45, 7) is 5.09. The van der Waals surface area contributed by atoms with E-state index < -0.39 is 24.5 Å². The highest BCUT2D eigenvalue weighted by Crippen LogP contribution is 2.18. The Bertz CT molecular complexity index is 857. The molecule has 0 aromatic heterocycles. The van der Waals surface area contributed by atoms with E-state index in [9.17, 15) is 14.4 Å². The smallest absolute Gasteiger partial charge is 0.338 e. The van der Waals surface area contributed by atoms with Crippen molar-refractivity contribution in [3.8, 4) is 0 Å². The molecule has 0 aliphatic rings. The molecule has 0 fully saturated rings. The first-order chi connectivity index (χ1) is 12.3. The average Bonchev–Trinajstić information content (AvgIpc) is 2.63. The number of anilines is 1. The summed E-state index contributed by atoms with van der Waals surface area (Å²) in [5.74, 6) is -1.54. The molecule has 0 radical (unpaired) electrons. The maximum Gasteiger partial charge on any atom is 0.338 e. The number of ether oxygens (including phenoxy) is 2. The zero-order valence-corrected chi connectivity index (χ0v) is 15.2. The van der Waals surface area contributed by atoms with Crippen LogP contribution in [0.2, 0.25) is 0 Å². The fraction of sp³-hybridized carbons (Fsp3) is 0.250. The van der Waals surface area contributed by atoms with E-state index >= 15 is 0 Å². The third kappa shape index (κ3) is 4.47. The molecule has 2 aromatic carbocycles. The molecule has 136 valence electrons. The van der Waals surface area contributed by atoms with Gasteiger partial charge in [-0.05, 0) is 55.7 Å². The number of hydrogen-bond donors (Lipinski definition) is 1. The fourth-order valence-electron chi connectivity index (χ4n) is 2.37. The van der Waals surface area contributed by atoms with Gasteiger partial charge in [-0.25, -0.2) is 9.59 Å². The molecule has 0 unspecified atom stereocenters. The van der Waals surface area contributed by atoms with Crippen LogP contribution in [0.4, 0.5) is 5.69 Å². The second-order valence-corrected chi connectivity index (χ2v) is 5.89. The number of carbonyl (C=O) groups excluding carboxylic acids is 3. The van der Waals surface area contributed by atoms with E-state index in [1.54, 1.807) is 31.2 Å². The monoisotopic (exact) mass is 355 g/mol. The van der Waals surface area contributed by atoms with Crippen LogP contribution in [0, 0.1) is 20.8 Å². The van der Waals surface area contributed by atoms with E-state index in [-0.39, 0.29) is 0 Å². The molecule has 0 bridgehead atoms. The van der Waals surface area contributed by atoms with Gasteiger partial charge >= 0.3 is 11.9 Å². The van der Waals surface area contributed by atoms with Crippen LogP contribution >= 0.6 is 0 Å². The predicted octanol–water partition coefficient (Wildman–Crippen LogP) is 3.19. The lowest BCUT2D eigenvalue weighted by Gasteiger charge is -2.11. The van der Waals surface area contributed by atoms with Crippen molar-refractivity contribution in [1.29, 1.82) is 0 Å². The summed E-state index contributed by atoms with van der Waals surface area (Å²) in [6.07, 6.45) is 0. The summed E-state index contributed by atoms with van der Waals surface area (Å²) in [4.78, 5) is 35.8. The quantitative estimate of drug-likeness (QED) is 0.833. The van der Waals surface area contributed by atoms with Crippen molar-refractivity contribution >= 4 is 23.5 Å². The number of amides is 1. The molecular formula is C20H21NO5. The summed E-state index contributed by atoms with van der Waals surface area (Å²) >= 11 is 0. The van der Waals surface area contributed by atoms with E-state index in [1.165, 1.54) is 13.2 Å². The van der Waals surface area contributed by atoms with Crippen molar-refractivity contribution in [1.82, 2.24) is 0 Å². The Morgan fingerprint density at radius 3 is 2.38 bits per heavy atom. The summed E-state index contributed by atoms with van der Waals surface area (Å²) in [7, 11) is 1.28. The zero-order valence-electron chi connectivity index (χ0n) is 15.2. The fourth-order valence-corrected chi connectivity index (χ4v) is 2.37. The van der Waals surface area contributed by atoms with Crippen LogP contribution in [0.1, 0.15) is 37.4 Å². The van der Waals surface area contributed by atoms with E-state index in [2.05, 4.69) is 10.1 Å². The van der Waals surface area contributed by atoms with Gasteiger partial charge in [-0.2, -0.15) is 0 Å². The van der Waals surface area contributed by atoms with E-state index in [0.29, 0.717) is 16.8 Å². The second-order valence-electron chi connectivity index (χ2n) is 5.89.